The second kappa shape index (κ2) is 5.85. The highest BCUT2D eigenvalue weighted by molar-refractivity contribution is 7.10. The first-order valence-corrected chi connectivity index (χ1v) is 7.12. The van der Waals surface area contributed by atoms with Crippen molar-refractivity contribution in [2.75, 3.05) is 6.54 Å². The van der Waals surface area contributed by atoms with E-state index < -0.39 is 6.10 Å². The number of rotatable bonds is 4. The third kappa shape index (κ3) is 3.82. The van der Waals surface area contributed by atoms with Crippen LogP contribution in [0.4, 0.5) is 0 Å². The number of nitrogens with one attached hydrogen (secondary N) is 1. The summed E-state index contributed by atoms with van der Waals surface area (Å²) in [5, 5.41) is 14.6. The van der Waals surface area contributed by atoms with Crippen molar-refractivity contribution >= 4 is 17.2 Å². The molecule has 18 heavy (non-hydrogen) atoms. The van der Waals surface area contributed by atoms with Crippen LogP contribution < -0.4 is 5.32 Å². The van der Waals surface area contributed by atoms with Gasteiger partial charge in [-0.15, -0.1) is 11.3 Å². The van der Waals surface area contributed by atoms with E-state index in [1.165, 1.54) is 4.88 Å². The molecule has 0 saturated heterocycles. The highest BCUT2D eigenvalue weighted by Gasteiger charge is 2.22. The van der Waals surface area contributed by atoms with Crippen LogP contribution >= 0.6 is 11.3 Å². The normalized spacial score (nSPS) is 13.4. The molecule has 0 aliphatic heterocycles. The van der Waals surface area contributed by atoms with Gasteiger partial charge in [0.2, 0.25) is 0 Å². The first kappa shape index (κ1) is 15.2. The zero-order chi connectivity index (χ0) is 13.9. The predicted octanol–water partition coefficient (Wildman–Crippen LogP) is 2.89. The number of carbonyl (C=O) groups excluding carboxylic acids is 1. The Hall–Kier alpha value is -0.870. The molecule has 0 bridgehead atoms. The number of hydrogen-bond donors (Lipinski definition) is 2. The van der Waals surface area contributed by atoms with E-state index in [1.807, 2.05) is 40.0 Å². The Morgan fingerprint density at radius 2 is 2.06 bits per heavy atom. The van der Waals surface area contributed by atoms with E-state index in [4.69, 9.17) is 0 Å². The van der Waals surface area contributed by atoms with Gasteiger partial charge < -0.3 is 10.4 Å². The van der Waals surface area contributed by atoms with Crippen molar-refractivity contribution in [2.45, 2.75) is 47.1 Å². The summed E-state index contributed by atoms with van der Waals surface area (Å²) >= 11 is 1.59. The lowest BCUT2D eigenvalue weighted by Crippen LogP contribution is -2.32. The number of hydrogen-bond acceptors (Lipinski definition) is 3. The molecule has 0 aliphatic rings. The highest BCUT2D eigenvalue weighted by Crippen LogP contribution is 2.22. The average molecular weight is 269 g/mol. The molecule has 3 nitrogen and oxygen atoms in total. The van der Waals surface area contributed by atoms with Crippen molar-refractivity contribution in [3.8, 4) is 0 Å². The van der Waals surface area contributed by atoms with Crippen LogP contribution in [-0.2, 0) is 0 Å². The van der Waals surface area contributed by atoms with Gasteiger partial charge in [0.25, 0.3) is 5.91 Å². The van der Waals surface area contributed by atoms with Gasteiger partial charge in [0.05, 0.1) is 11.7 Å². The molecule has 102 valence electrons. The van der Waals surface area contributed by atoms with Gasteiger partial charge in [-0.1, -0.05) is 20.8 Å². The maximum atomic E-state index is 11.9. The van der Waals surface area contributed by atoms with Crippen LogP contribution in [0.15, 0.2) is 5.38 Å². The lowest BCUT2D eigenvalue weighted by molar-refractivity contribution is 0.0551. The SMILES string of the molecule is Cc1scc(C(=O)NCC[C@@H](O)C(C)(C)C)c1C. The van der Waals surface area contributed by atoms with E-state index in [2.05, 4.69) is 5.32 Å². The van der Waals surface area contributed by atoms with Gasteiger partial charge in [-0.25, -0.2) is 0 Å². The van der Waals surface area contributed by atoms with Crippen molar-refractivity contribution in [1.29, 1.82) is 0 Å². The molecule has 0 fully saturated rings. The number of amides is 1. The molecule has 0 saturated carbocycles. The van der Waals surface area contributed by atoms with Gasteiger partial charge in [-0.3, -0.25) is 4.79 Å². The Morgan fingerprint density at radius 1 is 1.44 bits per heavy atom. The van der Waals surface area contributed by atoms with Gasteiger partial charge >= 0.3 is 0 Å². The summed E-state index contributed by atoms with van der Waals surface area (Å²) in [5.41, 5.74) is 1.66. The van der Waals surface area contributed by atoms with Crippen LogP contribution in [0.5, 0.6) is 0 Å². The van der Waals surface area contributed by atoms with Crippen LogP contribution in [-0.4, -0.2) is 23.7 Å². The van der Waals surface area contributed by atoms with Crippen LogP contribution in [0.3, 0.4) is 0 Å². The summed E-state index contributed by atoms with van der Waals surface area (Å²) in [5.74, 6) is -0.0436. The van der Waals surface area contributed by atoms with Crippen molar-refractivity contribution in [1.82, 2.24) is 5.32 Å². The lowest BCUT2D eigenvalue weighted by atomic mass is 9.87. The molecule has 1 heterocycles. The van der Waals surface area contributed by atoms with Crippen LogP contribution in [0.1, 0.15) is 48.0 Å². The fourth-order valence-electron chi connectivity index (χ4n) is 1.59. The monoisotopic (exact) mass is 269 g/mol. The summed E-state index contributed by atoms with van der Waals surface area (Å²) in [6.45, 7) is 10.5. The smallest absolute Gasteiger partial charge is 0.252 e. The first-order valence-electron chi connectivity index (χ1n) is 6.24. The third-order valence-electron chi connectivity index (χ3n) is 3.23. The fraction of sp³-hybridized carbons (Fsp3) is 0.643. The van der Waals surface area contributed by atoms with Crippen LogP contribution in [0.2, 0.25) is 0 Å². The van der Waals surface area contributed by atoms with Crippen molar-refractivity contribution in [2.24, 2.45) is 5.41 Å². The molecule has 1 atom stereocenters. The summed E-state index contributed by atoms with van der Waals surface area (Å²) in [7, 11) is 0. The summed E-state index contributed by atoms with van der Waals surface area (Å²) in [4.78, 5) is 13.1. The summed E-state index contributed by atoms with van der Waals surface area (Å²) in [6.07, 6.45) is 0.181. The van der Waals surface area contributed by atoms with E-state index in [0.717, 1.165) is 11.1 Å². The van der Waals surface area contributed by atoms with Crippen molar-refractivity contribution < 1.29 is 9.90 Å². The molecule has 1 aromatic rings. The maximum Gasteiger partial charge on any atom is 0.252 e. The van der Waals surface area contributed by atoms with Gasteiger partial charge in [0, 0.05) is 16.8 Å². The second-order valence-corrected chi connectivity index (χ2v) is 6.84. The molecule has 0 unspecified atom stereocenters. The third-order valence-corrected chi connectivity index (χ3v) is 4.25. The molecule has 4 heteroatoms. The molecule has 0 aliphatic carbocycles. The van der Waals surface area contributed by atoms with Gasteiger partial charge in [0.1, 0.15) is 0 Å². The lowest BCUT2D eigenvalue weighted by Gasteiger charge is -2.25. The average Bonchev–Trinajstić information content (AvgIpc) is 2.58. The molecule has 1 aromatic heterocycles. The highest BCUT2D eigenvalue weighted by atomic mass is 32.1. The Balaban J connectivity index is 2.46. The summed E-state index contributed by atoms with van der Waals surface area (Å²) in [6, 6.07) is 0. The standard InChI is InChI=1S/C14H23NO2S/c1-9-10(2)18-8-11(9)13(17)15-7-6-12(16)14(3,4)5/h8,12,16H,6-7H2,1-5H3,(H,15,17)/t12-/m1/s1. The number of aryl methyl sites for hydroxylation is 1. The van der Waals surface area contributed by atoms with Crippen molar-refractivity contribution in [3.05, 3.63) is 21.4 Å². The van der Waals surface area contributed by atoms with Gasteiger partial charge in [-0.2, -0.15) is 0 Å². The number of aliphatic hydroxyl groups excluding tert-OH is 1. The van der Waals surface area contributed by atoms with Gasteiger partial charge in [0.15, 0.2) is 0 Å². The molecule has 1 rings (SSSR count). The van der Waals surface area contributed by atoms with E-state index >= 15 is 0 Å². The number of thiophene rings is 1. The molecular formula is C14H23NO2S. The maximum absolute atomic E-state index is 11.9. The Morgan fingerprint density at radius 3 is 2.50 bits per heavy atom. The quantitative estimate of drug-likeness (QED) is 0.883. The molecule has 1 amide bonds. The predicted molar refractivity (Wildman–Crippen MR) is 76.2 cm³/mol. The van der Waals surface area contributed by atoms with E-state index in [1.54, 1.807) is 11.3 Å². The first-order chi connectivity index (χ1) is 8.23. The zero-order valence-electron chi connectivity index (χ0n) is 11.8. The number of carbonyl (C=O) groups is 1. The minimum atomic E-state index is -0.400. The Bertz CT molecular complexity index is 418. The van der Waals surface area contributed by atoms with Crippen LogP contribution in [0, 0.1) is 19.3 Å². The van der Waals surface area contributed by atoms with E-state index in [0.29, 0.717) is 13.0 Å². The minimum absolute atomic E-state index is 0.0436. The van der Waals surface area contributed by atoms with Gasteiger partial charge in [-0.05, 0) is 31.2 Å². The number of aliphatic hydroxyl groups is 1. The Labute approximate surface area is 113 Å². The molecule has 0 aromatic carbocycles. The minimum Gasteiger partial charge on any atom is -0.393 e. The zero-order valence-corrected chi connectivity index (χ0v) is 12.6. The van der Waals surface area contributed by atoms with Crippen molar-refractivity contribution in [3.63, 3.8) is 0 Å². The molecule has 0 spiro atoms. The molecule has 0 radical (unpaired) electrons. The second-order valence-electron chi connectivity index (χ2n) is 5.76. The van der Waals surface area contributed by atoms with E-state index in [-0.39, 0.29) is 11.3 Å². The largest absolute Gasteiger partial charge is 0.393 e. The topological polar surface area (TPSA) is 49.3 Å². The molecule has 2 N–H and O–H groups in total. The Kier molecular flexibility index (Phi) is 4.93. The van der Waals surface area contributed by atoms with Crippen LogP contribution in [0.25, 0.3) is 0 Å². The summed E-state index contributed by atoms with van der Waals surface area (Å²) < 4.78 is 0. The fourth-order valence-corrected chi connectivity index (χ4v) is 2.45. The van der Waals surface area contributed by atoms with E-state index in [9.17, 15) is 9.90 Å². The molecular weight excluding hydrogens is 246 g/mol.